The van der Waals surface area contributed by atoms with Crippen LogP contribution in [0.15, 0.2) is 108 Å². The van der Waals surface area contributed by atoms with Crippen molar-refractivity contribution in [3.05, 3.63) is 109 Å². The zero-order valence-electron chi connectivity index (χ0n) is 17.6. The predicted molar refractivity (Wildman–Crippen MR) is 130 cm³/mol. The smallest absolute Gasteiger partial charge is 0.160 e. The van der Waals surface area contributed by atoms with Crippen LogP contribution in [0.2, 0.25) is 0 Å². The highest BCUT2D eigenvalue weighted by Crippen LogP contribution is 2.37. The molecule has 0 bridgehead atoms. The van der Waals surface area contributed by atoms with E-state index in [1.807, 2.05) is 60.7 Å². The minimum absolute atomic E-state index is 0.711. The number of aryl methyl sites for hydroxylation is 1. The molecule has 0 saturated heterocycles. The van der Waals surface area contributed by atoms with E-state index < -0.39 is 0 Å². The summed E-state index contributed by atoms with van der Waals surface area (Å²) in [7, 11) is 0. The van der Waals surface area contributed by atoms with E-state index in [-0.39, 0.29) is 0 Å². The number of furan rings is 1. The van der Waals surface area contributed by atoms with Gasteiger partial charge in [0.25, 0.3) is 0 Å². The molecule has 0 N–H and O–H groups in total. The lowest BCUT2D eigenvalue weighted by Crippen LogP contribution is -1.96. The van der Waals surface area contributed by atoms with Crippen LogP contribution in [0.25, 0.3) is 55.8 Å². The first-order valence-corrected chi connectivity index (χ1v) is 10.7. The van der Waals surface area contributed by atoms with Gasteiger partial charge in [0.1, 0.15) is 11.2 Å². The van der Waals surface area contributed by atoms with E-state index in [4.69, 9.17) is 14.4 Å². The molecule has 0 spiro atoms. The lowest BCUT2D eigenvalue weighted by molar-refractivity contribution is 0.668. The molecule has 32 heavy (non-hydrogen) atoms. The molecule has 6 rings (SSSR count). The molecule has 0 saturated carbocycles. The number of fused-ring (bicyclic) bond motifs is 3. The van der Waals surface area contributed by atoms with Gasteiger partial charge in [-0.25, -0.2) is 9.97 Å². The molecule has 0 aliphatic heterocycles. The summed E-state index contributed by atoms with van der Waals surface area (Å²) in [6.45, 7) is 2.08. The summed E-state index contributed by atoms with van der Waals surface area (Å²) < 4.78 is 6.18. The molecule has 0 aliphatic carbocycles. The predicted octanol–water partition coefficient (Wildman–Crippen LogP) is 7.69. The van der Waals surface area contributed by atoms with Crippen LogP contribution >= 0.6 is 0 Å². The van der Waals surface area contributed by atoms with Crippen molar-refractivity contribution in [2.24, 2.45) is 0 Å². The third-order valence-corrected chi connectivity index (χ3v) is 5.76. The molecule has 6 aromatic rings. The minimum Gasteiger partial charge on any atom is -0.456 e. The first-order valence-electron chi connectivity index (χ1n) is 10.7. The monoisotopic (exact) mass is 412 g/mol. The molecule has 2 heterocycles. The topological polar surface area (TPSA) is 38.9 Å². The highest BCUT2D eigenvalue weighted by molar-refractivity contribution is 6.12. The highest BCUT2D eigenvalue weighted by atomic mass is 16.3. The van der Waals surface area contributed by atoms with E-state index in [1.165, 1.54) is 5.56 Å². The van der Waals surface area contributed by atoms with Gasteiger partial charge in [-0.15, -0.1) is 0 Å². The van der Waals surface area contributed by atoms with Gasteiger partial charge < -0.3 is 4.42 Å². The Balaban J connectivity index is 1.65. The van der Waals surface area contributed by atoms with Crippen molar-refractivity contribution in [1.82, 2.24) is 9.97 Å². The summed E-state index contributed by atoms with van der Waals surface area (Å²) in [5.74, 6) is 0.711. The molecule has 152 valence electrons. The number of aromatic nitrogens is 2. The SMILES string of the molecule is Cc1ccc2c(c1)oc1cccc(-c3cc(-c4ccccc4)nc(-c4ccccc4)n3)c12. The third-order valence-electron chi connectivity index (χ3n) is 5.76. The highest BCUT2D eigenvalue weighted by Gasteiger charge is 2.16. The fourth-order valence-electron chi connectivity index (χ4n) is 4.20. The summed E-state index contributed by atoms with van der Waals surface area (Å²) in [5, 5.41) is 2.18. The largest absolute Gasteiger partial charge is 0.456 e. The number of nitrogens with zero attached hydrogens (tertiary/aromatic N) is 2. The number of hydrogen-bond donors (Lipinski definition) is 0. The van der Waals surface area contributed by atoms with Gasteiger partial charge in [0.2, 0.25) is 0 Å². The first-order chi connectivity index (χ1) is 15.8. The third kappa shape index (κ3) is 3.15. The zero-order valence-corrected chi connectivity index (χ0v) is 17.6. The summed E-state index contributed by atoms with van der Waals surface area (Å²) in [6, 6.07) is 35.0. The molecule has 4 aromatic carbocycles. The summed E-state index contributed by atoms with van der Waals surface area (Å²) in [6.07, 6.45) is 0. The maximum Gasteiger partial charge on any atom is 0.160 e. The van der Waals surface area contributed by atoms with Crippen LogP contribution in [0, 0.1) is 6.92 Å². The Labute approximate surface area is 186 Å². The van der Waals surface area contributed by atoms with Crippen molar-refractivity contribution < 1.29 is 4.42 Å². The normalized spacial score (nSPS) is 11.3. The minimum atomic E-state index is 0.711. The molecule has 0 atom stereocenters. The van der Waals surface area contributed by atoms with Crippen LogP contribution in [0.3, 0.4) is 0 Å². The number of rotatable bonds is 3. The van der Waals surface area contributed by atoms with E-state index in [1.54, 1.807) is 0 Å². The Kier molecular flexibility index (Phi) is 4.32. The van der Waals surface area contributed by atoms with Crippen molar-refractivity contribution >= 4 is 21.9 Å². The van der Waals surface area contributed by atoms with Gasteiger partial charge in [0.15, 0.2) is 5.82 Å². The van der Waals surface area contributed by atoms with Crippen LogP contribution in [-0.4, -0.2) is 9.97 Å². The molecular weight excluding hydrogens is 392 g/mol. The fourth-order valence-corrected chi connectivity index (χ4v) is 4.20. The molecule has 0 radical (unpaired) electrons. The van der Waals surface area contributed by atoms with Crippen LogP contribution in [0.1, 0.15) is 5.56 Å². The van der Waals surface area contributed by atoms with Gasteiger partial charge in [-0.2, -0.15) is 0 Å². The van der Waals surface area contributed by atoms with E-state index in [9.17, 15) is 0 Å². The lowest BCUT2D eigenvalue weighted by Gasteiger charge is -2.10. The van der Waals surface area contributed by atoms with Crippen molar-refractivity contribution in [1.29, 1.82) is 0 Å². The van der Waals surface area contributed by atoms with Crippen molar-refractivity contribution in [3.63, 3.8) is 0 Å². The molecule has 0 unspecified atom stereocenters. The van der Waals surface area contributed by atoms with Gasteiger partial charge >= 0.3 is 0 Å². The van der Waals surface area contributed by atoms with Crippen molar-refractivity contribution in [2.75, 3.05) is 0 Å². The van der Waals surface area contributed by atoms with Gasteiger partial charge in [0.05, 0.1) is 11.4 Å². The Morgan fingerprint density at radius 2 is 1.31 bits per heavy atom. The van der Waals surface area contributed by atoms with Crippen molar-refractivity contribution in [3.8, 4) is 33.9 Å². The van der Waals surface area contributed by atoms with Gasteiger partial charge in [-0.3, -0.25) is 0 Å². The van der Waals surface area contributed by atoms with E-state index in [0.29, 0.717) is 5.82 Å². The van der Waals surface area contributed by atoms with E-state index in [2.05, 4.69) is 49.4 Å². The maximum absolute atomic E-state index is 6.18. The van der Waals surface area contributed by atoms with Crippen LogP contribution in [0.5, 0.6) is 0 Å². The Bertz CT molecular complexity index is 1510. The van der Waals surface area contributed by atoms with Gasteiger partial charge in [-0.1, -0.05) is 84.9 Å². The first kappa shape index (κ1) is 18.5. The van der Waals surface area contributed by atoms with Gasteiger partial charge in [-0.05, 0) is 30.7 Å². The Morgan fingerprint density at radius 3 is 2.09 bits per heavy atom. The molecule has 2 aromatic heterocycles. The maximum atomic E-state index is 6.18. The fraction of sp³-hybridized carbons (Fsp3) is 0.0345. The van der Waals surface area contributed by atoms with Gasteiger partial charge in [0, 0.05) is 27.5 Å². The molecule has 3 nitrogen and oxygen atoms in total. The summed E-state index contributed by atoms with van der Waals surface area (Å²) >= 11 is 0. The van der Waals surface area contributed by atoms with E-state index in [0.717, 1.165) is 50.0 Å². The molecule has 0 amide bonds. The molecule has 3 heteroatoms. The quantitative estimate of drug-likeness (QED) is 0.299. The summed E-state index contributed by atoms with van der Waals surface area (Å²) in [5.41, 5.74) is 7.82. The Morgan fingerprint density at radius 1 is 0.594 bits per heavy atom. The average Bonchev–Trinajstić information content (AvgIpc) is 3.22. The lowest BCUT2D eigenvalue weighted by atomic mass is 10.0. The number of benzene rings is 4. The number of hydrogen-bond acceptors (Lipinski definition) is 3. The standard InChI is InChI=1S/C29H20N2O/c1-19-15-16-23-27(17-19)32-26-14-8-13-22(28(23)26)25-18-24(20-9-4-2-5-10-20)30-29(31-25)21-11-6-3-7-12-21/h2-18H,1H3. The molecule has 0 fully saturated rings. The summed E-state index contributed by atoms with van der Waals surface area (Å²) in [4.78, 5) is 9.91. The van der Waals surface area contributed by atoms with Crippen LogP contribution < -0.4 is 0 Å². The second-order valence-electron chi connectivity index (χ2n) is 7.97. The molecular formula is C29H20N2O. The molecule has 0 aliphatic rings. The van der Waals surface area contributed by atoms with Crippen LogP contribution in [0.4, 0.5) is 0 Å². The second-order valence-corrected chi connectivity index (χ2v) is 7.97. The second kappa shape index (κ2) is 7.47. The Hall–Kier alpha value is -4.24. The van der Waals surface area contributed by atoms with E-state index >= 15 is 0 Å². The average molecular weight is 412 g/mol. The van der Waals surface area contributed by atoms with Crippen LogP contribution in [-0.2, 0) is 0 Å². The zero-order chi connectivity index (χ0) is 21.5. The van der Waals surface area contributed by atoms with Crippen molar-refractivity contribution in [2.45, 2.75) is 6.92 Å².